The Morgan fingerprint density at radius 1 is 1.16 bits per heavy atom. The van der Waals surface area contributed by atoms with Gasteiger partial charge in [-0.05, 0) is 50.6 Å². The Bertz CT molecular complexity index is 1170. The number of nitrogens with one attached hydrogen (secondary N) is 1. The van der Waals surface area contributed by atoms with Crippen molar-refractivity contribution in [1.29, 1.82) is 0 Å². The molecule has 2 atom stereocenters. The third-order valence-corrected chi connectivity index (χ3v) is 6.19. The van der Waals surface area contributed by atoms with Crippen molar-refractivity contribution in [3.8, 4) is 22.6 Å². The van der Waals surface area contributed by atoms with Crippen LogP contribution in [0, 0.1) is 12.7 Å². The van der Waals surface area contributed by atoms with Crippen LogP contribution in [0.4, 0.5) is 4.39 Å². The Kier molecular flexibility index (Phi) is 5.07. The number of aryl methyl sites for hydroxylation is 1. The summed E-state index contributed by atoms with van der Waals surface area (Å²) in [6, 6.07) is 8.89. The summed E-state index contributed by atoms with van der Waals surface area (Å²) in [4.78, 5) is 15.7. The van der Waals surface area contributed by atoms with Crippen LogP contribution >= 0.6 is 0 Å². The second-order valence-corrected chi connectivity index (χ2v) is 8.01. The van der Waals surface area contributed by atoms with Crippen molar-refractivity contribution in [3.63, 3.8) is 0 Å². The predicted molar refractivity (Wildman–Crippen MR) is 116 cm³/mol. The maximum absolute atomic E-state index is 13.5. The molecule has 1 aliphatic rings. The van der Waals surface area contributed by atoms with E-state index in [1.807, 2.05) is 18.6 Å². The number of hydrogen-bond acceptors (Lipinski definition) is 5. The molecule has 4 heterocycles. The topological polar surface area (TPSA) is 75.5 Å². The van der Waals surface area contributed by atoms with Gasteiger partial charge >= 0.3 is 0 Å². The first-order chi connectivity index (χ1) is 15.1. The van der Waals surface area contributed by atoms with E-state index in [4.69, 9.17) is 4.98 Å². The molecule has 0 bridgehead atoms. The molecule has 1 N–H and O–H groups in total. The van der Waals surface area contributed by atoms with Gasteiger partial charge in [-0.1, -0.05) is 0 Å². The summed E-state index contributed by atoms with van der Waals surface area (Å²) in [6.07, 6.45) is 8.10. The predicted octanol–water partition coefficient (Wildman–Crippen LogP) is 4.19. The van der Waals surface area contributed by atoms with E-state index < -0.39 is 0 Å². The number of benzene rings is 1. The van der Waals surface area contributed by atoms with Crippen LogP contribution in [0.2, 0.25) is 0 Å². The highest BCUT2D eigenvalue weighted by atomic mass is 19.1. The Morgan fingerprint density at radius 3 is 2.71 bits per heavy atom. The number of aromatic nitrogens is 6. The number of rotatable bonds is 5. The SMILES string of the molecule is Cc1[nH]ncc1C(C)N1CCC(n2cnc(-c3ccc(F)cc3)c2-c2ccncn2)C1. The molecule has 31 heavy (non-hydrogen) atoms. The monoisotopic (exact) mass is 417 g/mol. The van der Waals surface area contributed by atoms with Crippen LogP contribution in [0.25, 0.3) is 22.6 Å². The molecule has 158 valence electrons. The molecule has 4 aromatic rings. The summed E-state index contributed by atoms with van der Waals surface area (Å²) in [5, 5.41) is 7.22. The van der Waals surface area contributed by atoms with Gasteiger partial charge in [-0.3, -0.25) is 10.00 Å². The fourth-order valence-electron chi connectivity index (χ4n) is 4.47. The van der Waals surface area contributed by atoms with Gasteiger partial charge in [-0.2, -0.15) is 5.10 Å². The lowest BCUT2D eigenvalue weighted by Crippen LogP contribution is -2.25. The van der Waals surface area contributed by atoms with Crippen LogP contribution in [-0.4, -0.2) is 47.7 Å². The molecule has 0 aliphatic carbocycles. The fraction of sp³-hybridized carbons (Fsp3) is 0.304. The molecule has 1 saturated heterocycles. The highest BCUT2D eigenvalue weighted by molar-refractivity contribution is 5.76. The zero-order valence-corrected chi connectivity index (χ0v) is 17.5. The fourth-order valence-corrected chi connectivity index (χ4v) is 4.47. The number of likely N-dealkylation sites (tertiary alicyclic amines) is 1. The largest absolute Gasteiger partial charge is 0.324 e. The van der Waals surface area contributed by atoms with E-state index in [2.05, 4.69) is 43.5 Å². The molecule has 5 rings (SSSR count). The zero-order valence-electron chi connectivity index (χ0n) is 17.5. The molecule has 2 unspecified atom stereocenters. The minimum absolute atomic E-state index is 0.262. The zero-order chi connectivity index (χ0) is 21.4. The molecular weight excluding hydrogens is 393 g/mol. The van der Waals surface area contributed by atoms with Crippen LogP contribution in [-0.2, 0) is 0 Å². The van der Waals surface area contributed by atoms with Crippen LogP contribution in [0.3, 0.4) is 0 Å². The highest BCUT2D eigenvalue weighted by Crippen LogP contribution is 2.36. The lowest BCUT2D eigenvalue weighted by Gasteiger charge is -2.24. The van der Waals surface area contributed by atoms with Gasteiger partial charge in [0.05, 0.1) is 29.6 Å². The number of imidazole rings is 1. The maximum atomic E-state index is 13.5. The van der Waals surface area contributed by atoms with E-state index >= 15 is 0 Å². The Labute approximate surface area is 180 Å². The van der Waals surface area contributed by atoms with E-state index in [1.165, 1.54) is 17.7 Å². The van der Waals surface area contributed by atoms with E-state index in [1.54, 1.807) is 24.7 Å². The summed E-state index contributed by atoms with van der Waals surface area (Å²) >= 11 is 0. The van der Waals surface area contributed by atoms with Crippen molar-refractivity contribution < 1.29 is 4.39 Å². The molecule has 8 heteroatoms. The third-order valence-electron chi connectivity index (χ3n) is 6.19. The van der Waals surface area contributed by atoms with Crippen molar-refractivity contribution in [2.45, 2.75) is 32.4 Å². The number of halogens is 1. The molecule has 0 spiro atoms. The normalized spacial score (nSPS) is 17.8. The van der Waals surface area contributed by atoms with Crippen molar-refractivity contribution in [1.82, 2.24) is 34.6 Å². The second kappa shape index (κ2) is 8.03. The number of hydrogen-bond donors (Lipinski definition) is 1. The van der Waals surface area contributed by atoms with E-state index in [-0.39, 0.29) is 17.9 Å². The molecule has 1 fully saturated rings. The number of aromatic amines is 1. The van der Waals surface area contributed by atoms with E-state index in [0.717, 1.165) is 47.8 Å². The molecule has 1 aliphatic heterocycles. The maximum Gasteiger partial charge on any atom is 0.123 e. The lowest BCUT2D eigenvalue weighted by molar-refractivity contribution is 0.252. The van der Waals surface area contributed by atoms with Gasteiger partial charge in [-0.25, -0.2) is 19.3 Å². The van der Waals surface area contributed by atoms with Gasteiger partial charge in [0.2, 0.25) is 0 Å². The van der Waals surface area contributed by atoms with Gasteiger partial charge in [0.1, 0.15) is 12.1 Å². The molecule has 0 radical (unpaired) electrons. The van der Waals surface area contributed by atoms with Crippen molar-refractivity contribution in [2.24, 2.45) is 0 Å². The molecule has 0 amide bonds. The van der Waals surface area contributed by atoms with Crippen molar-refractivity contribution >= 4 is 0 Å². The minimum atomic E-state index is -0.262. The van der Waals surface area contributed by atoms with Gasteiger partial charge < -0.3 is 4.57 Å². The molecular formula is C23H24FN7. The summed E-state index contributed by atoms with van der Waals surface area (Å²) in [6.45, 7) is 6.18. The number of nitrogens with zero attached hydrogens (tertiary/aromatic N) is 6. The summed E-state index contributed by atoms with van der Waals surface area (Å²) < 4.78 is 15.7. The molecule has 1 aromatic carbocycles. The number of H-pyrrole nitrogens is 1. The molecule has 3 aromatic heterocycles. The molecule has 7 nitrogen and oxygen atoms in total. The Morgan fingerprint density at radius 2 is 2.00 bits per heavy atom. The quantitative estimate of drug-likeness (QED) is 0.527. The van der Waals surface area contributed by atoms with Crippen LogP contribution in [0.5, 0.6) is 0 Å². The minimum Gasteiger partial charge on any atom is -0.324 e. The van der Waals surface area contributed by atoms with Gasteiger partial charge in [0.15, 0.2) is 0 Å². The standard InChI is InChI=1S/C23H24FN7/c1-15-20(11-28-29-15)16(2)30-10-8-19(12-30)31-14-27-22(17-3-5-18(24)6-4-17)23(31)21-7-9-25-13-26-21/h3-7,9,11,13-14,16,19H,8,10,12H2,1-2H3,(H,28,29). The Balaban J connectivity index is 1.50. The summed E-state index contributed by atoms with van der Waals surface area (Å²) in [5.74, 6) is -0.262. The first-order valence-electron chi connectivity index (χ1n) is 10.4. The van der Waals surface area contributed by atoms with Gasteiger partial charge in [-0.15, -0.1) is 0 Å². The van der Waals surface area contributed by atoms with Crippen LogP contribution in [0.1, 0.15) is 36.7 Å². The first kappa shape index (κ1) is 19.6. The van der Waals surface area contributed by atoms with Crippen LogP contribution in [0.15, 0.2) is 55.4 Å². The third kappa shape index (κ3) is 3.63. The molecule has 0 saturated carbocycles. The average molecular weight is 417 g/mol. The smallest absolute Gasteiger partial charge is 0.123 e. The lowest BCUT2D eigenvalue weighted by atomic mass is 10.1. The van der Waals surface area contributed by atoms with Crippen molar-refractivity contribution in [3.05, 3.63) is 72.5 Å². The second-order valence-electron chi connectivity index (χ2n) is 8.01. The van der Waals surface area contributed by atoms with E-state index in [0.29, 0.717) is 0 Å². The first-order valence-corrected chi connectivity index (χ1v) is 10.4. The van der Waals surface area contributed by atoms with Gasteiger partial charge in [0, 0.05) is 48.2 Å². The summed E-state index contributed by atoms with van der Waals surface area (Å²) in [7, 11) is 0. The summed E-state index contributed by atoms with van der Waals surface area (Å²) in [5.41, 5.74) is 5.76. The highest BCUT2D eigenvalue weighted by Gasteiger charge is 2.31. The Hall–Kier alpha value is -3.39. The van der Waals surface area contributed by atoms with Gasteiger partial charge in [0.25, 0.3) is 0 Å². The van der Waals surface area contributed by atoms with Crippen LogP contribution < -0.4 is 0 Å². The van der Waals surface area contributed by atoms with E-state index in [9.17, 15) is 4.39 Å². The average Bonchev–Trinajstić information content (AvgIpc) is 3.53. The van der Waals surface area contributed by atoms with Crippen molar-refractivity contribution in [2.75, 3.05) is 13.1 Å².